The number of benzene rings is 2. The summed E-state index contributed by atoms with van der Waals surface area (Å²) in [6, 6.07) is 14.2. The predicted octanol–water partition coefficient (Wildman–Crippen LogP) is 3.93. The first kappa shape index (κ1) is 13.4. The normalized spacial score (nSPS) is 11.7. The lowest BCUT2D eigenvalue weighted by Crippen LogP contribution is -2.15. The van der Waals surface area contributed by atoms with Crippen LogP contribution in [0.5, 0.6) is 0 Å². The molecule has 0 spiro atoms. The van der Waals surface area contributed by atoms with Gasteiger partial charge in [0.2, 0.25) is 0 Å². The lowest BCUT2D eigenvalue weighted by Gasteiger charge is -2.03. The van der Waals surface area contributed by atoms with Crippen LogP contribution in [0.1, 0.15) is 10.5 Å². The zero-order chi connectivity index (χ0) is 16.3. The van der Waals surface area contributed by atoms with Crippen molar-refractivity contribution in [2.75, 3.05) is 5.32 Å². The van der Waals surface area contributed by atoms with E-state index in [4.69, 9.17) is 0 Å². The van der Waals surface area contributed by atoms with Crippen molar-refractivity contribution in [3.63, 3.8) is 0 Å². The van der Waals surface area contributed by atoms with E-state index < -0.39 is 0 Å². The topological polar surface area (TPSA) is 59.8 Å². The van der Waals surface area contributed by atoms with Gasteiger partial charge in [0.25, 0.3) is 5.91 Å². The third-order valence-corrected chi connectivity index (χ3v) is 5.31. The molecule has 5 nitrogen and oxygen atoms in total. The summed E-state index contributed by atoms with van der Waals surface area (Å²) in [4.78, 5) is 18.1. The number of hydrogen-bond acceptors (Lipinski definition) is 4. The molecule has 1 aliphatic carbocycles. The van der Waals surface area contributed by atoms with Crippen LogP contribution in [0.15, 0.2) is 48.7 Å². The van der Waals surface area contributed by atoms with Gasteiger partial charge in [0, 0.05) is 24.4 Å². The third kappa shape index (κ3) is 1.77. The molecule has 0 atom stereocenters. The highest BCUT2D eigenvalue weighted by atomic mass is 32.1. The zero-order valence-electron chi connectivity index (χ0n) is 12.8. The average molecular weight is 332 g/mol. The smallest absolute Gasteiger partial charge is 0.275 e. The maximum atomic E-state index is 12.4. The molecule has 0 saturated heterocycles. The molecule has 0 saturated carbocycles. The van der Waals surface area contributed by atoms with Crippen molar-refractivity contribution in [1.82, 2.24) is 14.8 Å². The maximum absolute atomic E-state index is 12.4. The molecule has 6 heteroatoms. The number of amides is 1. The number of fused-ring (bicyclic) bond motifs is 3. The Hall–Kier alpha value is -2.99. The van der Waals surface area contributed by atoms with Gasteiger partial charge in [0.05, 0.1) is 10.6 Å². The summed E-state index contributed by atoms with van der Waals surface area (Å²) in [7, 11) is 1.74. The minimum atomic E-state index is -0.200. The molecule has 2 heterocycles. The van der Waals surface area contributed by atoms with Crippen molar-refractivity contribution >= 4 is 33.1 Å². The quantitative estimate of drug-likeness (QED) is 0.533. The molecule has 0 fully saturated rings. The van der Waals surface area contributed by atoms with Gasteiger partial charge < -0.3 is 0 Å². The van der Waals surface area contributed by atoms with E-state index in [0.29, 0.717) is 10.8 Å². The van der Waals surface area contributed by atoms with E-state index in [2.05, 4.69) is 45.7 Å². The van der Waals surface area contributed by atoms with Crippen molar-refractivity contribution in [3.05, 3.63) is 54.4 Å². The fraction of sp³-hybridized carbons (Fsp3) is 0.0556. The standard InChI is InChI=1S/C18H12N4OS/c1-22-13(8-9-19-22)17(23)21-18-20-15-11-6-2-4-10-5-3-7-12(14(10)11)16(15)24-18/h2-9H,1H3,(H,20,21,23). The van der Waals surface area contributed by atoms with Crippen LogP contribution in [0.25, 0.3) is 32.5 Å². The molecule has 2 aromatic carbocycles. The number of anilines is 1. The summed E-state index contributed by atoms with van der Waals surface area (Å²) >= 11 is 1.51. The second-order valence-electron chi connectivity index (χ2n) is 5.70. The van der Waals surface area contributed by atoms with E-state index in [9.17, 15) is 4.79 Å². The largest absolute Gasteiger partial charge is 0.296 e. The van der Waals surface area contributed by atoms with Crippen molar-refractivity contribution in [3.8, 4) is 21.7 Å². The number of rotatable bonds is 2. The molecule has 0 bridgehead atoms. The lowest BCUT2D eigenvalue weighted by atomic mass is 10.0. The van der Waals surface area contributed by atoms with Gasteiger partial charge in [-0.15, -0.1) is 0 Å². The van der Waals surface area contributed by atoms with E-state index in [0.717, 1.165) is 16.1 Å². The zero-order valence-corrected chi connectivity index (χ0v) is 13.6. The molecule has 1 N–H and O–H groups in total. The van der Waals surface area contributed by atoms with Crippen molar-refractivity contribution in [1.29, 1.82) is 0 Å². The Kier molecular flexibility index (Phi) is 2.66. The van der Waals surface area contributed by atoms with E-state index in [1.165, 1.54) is 27.7 Å². The Morgan fingerprint density at radius 3 is 2.67 bits per heavy atom. The first-order valence-corrected chi connectivity index (χ1v) is 8.37. The molecule has 0 aliphatic heterocycles. The van der Waals surface area contributed by atoms with Gasteiger partial charge in [0.1, 0.15) is 5.69 Å². The van der Waals surface area contributed by atoms with Gasteiger partial charge in [-0.3, -0.25) is 14.8 Å². The van der Waals surface area contributed by atoms with Crippen molar-refractivity contribution < 1.29 is 4.79 Å². The van der Waals surface area contributed by atoms with Crippen LogP contribution in [0.3, 0.4) is 0 Å². The first-order valence-electron chi connectivity index (χ1n) is 7.55. The number of hydrogen-bond donors (Lipinski definition) is 1. The summed E-state index contributed by atoms with van der Waals surface area (Å²) < 4.78 is 1.55. The highest BCUT2D eigenvalue weighted by Crippen LogP contribution is 2.50. The average Bonchev–Trinajstić information content (AvgIpc) is 3.25. The Morgan fingerprint density at radius 2 is 1.92 bits per heavy atom. The highest BCUT2D eigenvalue weighted by Gasteiger charge is 2.26. The Balaban J connectivity index is 1.57. The molecular formula is C18H12N4OS. The van der Waals surface area contributed by atoms with Gasteiger partial charge in [0.15, 0.2) is 5.13 Å². The van der Waals surface area contributed by atoms with Crippen LogP contribution < -0.4 is 5.32 Å². The molecule has 1 amide bonds. The van der Waals surface area contributed by atoms with Crippen molar-refractivity contribution in [2.24, 2.45) is 7.05 Å². The Labute approximate surface area is 141 Å². The van der Waals surface area contributed by atoms with Gasteiger partial charge in [-0.2, -0.15) is 5.10 Å². The van der Waals surface area contributed by atoms with Crippen LogP contribution in [0.4, 0.5) is 5.13 Å². The third-order valence-electron chi connectivity index (χ3n) is 4.31. The van der Waals surface area contributed by atoms with Crippen LogP contribution in [-0.2, 0) is 7.05 Å². The number of carbonyl (C=O) groups excluding carboxylic acids is 1. The predicted molar refractivity (Wildman–Crippen MR) is 95.2 cm³/mol. The molecule has 116 valence electrons. The fourth-order valence-electron chi connectivity index (χ4n) is 3.22. The molecule has 0 radical (unpaired) electrons. The number of nitrogens with zero attached hydrogens (tertiary/aromatic N) is 3. The number of aromatic nitrogens is 3. The number of thiazole rings is 1. The van der Waals surface area contributed by atoms with E-state index >= 15 is 0 Å². The van der Waals surface area contributed by atoms with Crippen LogP contribution in [0.2, 0.25) is 0 Å². The van der Waals surface area contributed by atoms with Gasteiger partial charge in [-0.1, -0.05) is 47.7 Å². The highest BCUT2D eigenvalue weighted by molar-refractivity contribution is 7.20. The number of nitrogens with one attached hydrogen (secondary N) is 1. The van der Waals surface area contributed by atoms with Crippen LogP contribution >= 0.6 is 11.3 Å². The summed E-state index contributed by atoms with van der Waals surface area (Å²) in [6.45, 7) is 0. The van der Waals surface area contributed by atoms with E-state index in [-0.39, 0.29) is 5.91 Å². The molecule has 2 aromatic heterocycles. The van der Waals surface area contributed by atoms with Gasteiger partial charge in [-0.05, 0) is 16.8 Å². The van der Waals surface area contributed by atoms with Gasteiger partial charge in [-0.25, -0.2) is 4.98 Å². The summed E-state index contributed by atoms with van der Waals surface area (Å²) in [5, 5.41) is 9.98. The monoisotopic (exact) mass is 332 g/mol. The number of aryl methyl sites for hydroxylation is 1. The number of carbonyl (C=O) groups is 1. The first-order chi connectivity index (χ1) is 11.7. The minimum Gasteiger partial charge on any atom is -0.296 e. The molecule has 4 aromatic rings. The Bertz CT molecular complexity index is 1070. The minimum absolute atomic E-state index is 0.200. The maximum Gasteiger partial charge on any atom is 0.275 e. The lowest BCUT2D eigenvalue weighted by molar-refractivity contribution is 0.101. The summed E-state index contributed by atoms with van der Waals surface area (Å²) in [5.41, 5.74) is 3.78. The SMILES string of the molecule is Cn1nccc1C(=O)Nc1nc2c(s1)-c1cccc3cccc-2c13. The van der Waals surface area contributed by atoms with Crippen molar-refractivity contribution in [2.45, 2.75) is 0 Å². The summed E-state index contributed by atoms with van der Waals surface area (Å²) in [6.07, 6.45) is 1.60. The van der Waals surface area contributed by atoms with Crippen LogP contribution in [0, 0.1) is 0 Å². The molecule has 5 rings (SSSR count). The van der Waals surface area contributed by atoms with Crippen LogP contribution in [-0.4, -0.2) is 20.7 Å². The molecule has 0 unspecified atom stereocenters. The van der Waals surface area contributed by atoms with E-state index in [1.807, 2.05) is 6.07 Å². The van der Waals surface area contributed by atoms with Gasteiger partial charge >= 0.3 is 0 Å². The Morgan fingerprint density at radius 1 is 1.12 bits per heavy atom. The molecular weight excluding hydrogens is 320 g/mol. The molecule has 1 aliphatic rings. The second kappa shape index (κ2) is 4.75. The fourth-order valence-corrected chi connectivity index (χ4v) is 4.23. The second-order valence-corrected chi connectivity index (χ2v) is 6.70. The van der Waals surface area contributed by atoms with E-state index in [1.54, 1.807) is 24.0 Å². The molecule has 24 heavy (non-hydrogen) atoms. The summed E-state index contributed by atoms with van der Waals surface area (Å²) in [5.74, 6) is -0.200.